The van der Waals surface area contributed by atoms with Gasteiger partial charge in [-0.25, -0.2) is 4.99 Å². The van der Waals surface area contributed by atoms with Crippen LogP contribution in [0.25, 0.3) is 21.5 Å². The van der Waals surface area contributed by atoms with Crippen LogP contribution in [0.15, 0.2) is 70.2 Å². The molecule has 3 nitrogen and oxygen atoms in total. The largest absolute Gasteiger partial charge is 0.336 e. The van der Waals surface area contributed by atoms with Gasteiger partial charge in [0.15, 0.2) is 0 Å². The van der Waals surface area contributed by atoms with Crippen LogP contribution in [0.1, 0.15) is 11.3 Å². The smallest absolute Gasteiger partial charge is 0.250 e. The van der Waals surface area contributed by atoms with Gasteiger partial charge < -0.3 is 4.52 Å². The first-order chi connectivity index (χ1) is 10.8. The summed E-state index contributed by atoms with van der Waals surface area (Å²) in [5, 5.41) is 8.73. The molecule has 0 aliphatic rings. The Morgan fingerprint density at radius 3 is 2.41 bits per heavy atom. The minimum absolute atomic E-state index is 0.523. The summed E-state index contributed by atoms with van der Waals surface area (Å²) in [6, 6.07) is 20.8. The third kappa shape index (κ3) is 2.17. The summed E-state index contributed by atoms with van der Waals surface area (Å²) in [6.07, 6.45) is 1.84. The van der Waals surface area contributed by atoms with Crippen molar-refractivity contribution < 1.29 is 4.52 Å². The van der Waals surface area contributed by atoms with Gasteiger partial charge in [0, 0.05) is 17.8 Å². The Morgan fingerprint density at radius 1 is 0.909 bits per heavy atom. The maximum absolute atomic E-state index is 5.14. The quantitative estimate of drug-likeness (QED) is 0.382. The summed E-state index contributed by atoms with van der Waals surface area (Å²) in [6.45, 7) is 1.88. The van der Waals surface area contributed by atoms with E-state index in [1.54, 1.807) is 0 Å². The zero-order chi connectivity index (χ0) is 14.9. The second-order valence-corrected chi connectivity index (χ2v) is 5.30. The fourth-order valence-electron chi connectivity index (χ4n) is 2.73. The Balaban J connectivity index is 1.93. The molecule has 0 aliphatic heterocycles. The molecule has 1 heterocycles. The minimum atomic E-state index is 0.523. The molecule has 4 rings (SSSR count). The third-order valence-corrected chi connectivity index (χ3v) is 3.75. The molecule has 4 aromatic rings. The van der Waals surface area contributed by atoms with Crippen molar-refractivity contribution in [2.45, 2.75) is 6.92 Å². The Morgan fingerprint density at radius 2 is 1.64 bits per heavy atom. The number of hydrogen-bond donors (Lipinski definition) is 0. The number of aryl methyl sites for hydroxylation is 1. The number of aromatic nitrogens is 1. The zero-order valence-corrected chi connectivity index (χ0v) is 12.2. The van der Waals surface area contributed by atoms with Gasteiger partial charge in [0.05, 0.1) is 5.69 Å². The van der Waals surface area contributed by atoms with E-state index in [-0.39, 0.29) is 0 Å². The molecule has 3 aromatic carbocycles. The van der Waals surface area contributed by atoms with Crippen molar-refractivity contribution in [2.24, 2.45) is 4.99 Å². The molecular formula is C19H14N2O. The molecule has 0 bridgehead atoms. The molecule has 0 saturated heterocycles. The first-order valence-corrected chi connectivity index (χ1v) is 7.19. The molecule has 0 N–H and O–H groups in total. The average molecular weight is 286 g/mol. The van der Waals surface area contributed by atoms with Gasteiger partial charge in [0.2, 0.25) is 0 Å². The van der Waals surface area contributed by atoms with Gasteiger partial charge in [-0.05, 0) is 34.5 Å². The number of benzene rings is 3. The van der Waals surface area contributed by atoms with Gasteiger partial charge in [-0.2, -0.15) is 0 Å². The Hall–Kier alpha value is -2.94. The van der Waals surface area contributed by atoms with Crippen LogP contribution in [-0.2, 0) is 0 Å². The maximum atomic E-state index is 5.14. The molecule has 0 saturated carbocycles. The Kier molecular flexibility index (Phi) is 2.97. The highest BCUT2D eigenvalue weighted by molar-refractivity contribution is 6.14. The maximum Gasteiger partial charge on any atom is 0.250 e. The molecule has 0 amide bonds. The lowest BCUT2D eigenvalue weighted by Crippen LogP contribution is -1.86. The van der Waals surface area contributed by atoms with E-state index in [9.17, 15) is 0 Å². The van der Waals surface area contributed by atoms with Crippen LogP contribution in [0.2, 0.25) is 0 Å². The lowest BCUT2D eigenvalue weighted by atomic mass is 9.98. The number of nitrogens with zero attached hydrogens (tertiary/aromatic N) is 2. The predicted molar refractivity (Wildman–Crippen MR) is 89.9 cm³/mol. The second kappa shape index (κ2) is 5.11. The van der Waals surface area contributed by atoms with Gasteiger partial charge in [0.25, 0.3) is 5.88 Å². The molecular weight excluding hydrogens is 272 g/mol. The normalized spacial score (nSPS) is 11.7. The minimum Gasteiger partial charge on any atom is -0.336 e. The molecule has 0 fully saturated rings. The lowest BCUT2D eigenvalue weighted by Gasteiger charge is -2.07. The predicted octanol–water partition coefficient (Wildman–Crippen LogP) is 5.04. The van der Waals surface area contributed by atoms with Crippen LogP contribution >= 0.6 is 0 Å². The fourth-order valence-corrected chi connectivity index (χ4v) is 2.73. The fraction of sp³-hybridized carbons (Fsp3) is 0.0526. The monoisotopic (exact) mass is 286 g/mol. The van der Waals surface area contributed by atoms with E-state index in [1.807, 2.05) is 25.3 Å². The van der Waals surface area contributed by atoms with Crippen LogP contribution in [0.3, 0.4) is 0 Å². The molecule has 0 atom stereocenters. The summed E-state index contributed by atoms with van der Waals surface area (Å²) >= 11 is 0. The summed E-state index contributed by atoms with van der Waals surface area (Å²) in [5.41, 5.74) is 1.90. The standard InChI is InChI=1S/C19H14N2O/c1-13-10-19(22-21-13)20-12-15-11-14-6-2-3-7-16(14)18-9-5-4-8-17(15)18/h2-12H,1H3. The van der Waals surface area contributed by atoms with Gasteiger partial charge in [-0.1, -0.05) is 53.7 Å². The molecule has 0 spiro atoms. The average Bonchev–Trinajstić information content (AvgIpc) is 2.98. The highest BCUT2D eigenvalue weighted by atomic mass is 16.5. The van der Waals surface area contributed by atoms with Crippen molar-refractivity contribution in [1.82, 2.24) is 5.16 Å². The number of aliphatic imine (C=N–C) groups is 1. The number of rotatable bonds is 2. The van der Waals surface area contributed by atoms with Crippen molar-refractivity contribution in [3.63, 3.8) is 0 Å². The summed E-state index contributed by atoms with van der Waals surface area (Å²) in [5.74, 6) is 0.523. The van der Waals surface area contributed by atoms with E-state index in [2.05, 4.69) is 58.7 Å². The van der Waals surface area contributed by atoms with Crippen LogP contribution in [0, 0.1) is 6.92 Å². The molecule has 3 heteroatoms. The molecule has 22 heavy (non-hydrogen) atoms. The van der Waals surface area contributed by atoms with Gasteiger partial charge in [0.1, 0.15) is 0 Å². The highest BCUT2D eigenvalue weighted by Gasteiger charge is 2.05. The third-order valence-electron chi connectivity index (χ3n) is 3.75. The zero-order valence-electron chi connectivity index (χ0n) is 12.2. The van der Waals surface area contributed by atoms with Crippen LogP contribution < -0.4 is 0 Å². The van der Waals surface area contributed by atoms with Crippen LogP contribution in [0.5, 0.6) is 0 Å². The number of fused-ring (bicyclic) bond motifs is 3. The summed E-state index contributed by atoms with van der Waals surface area (Å²) in [4.78, 5) is 4.40. The van der Waals surface area contributed by atoms with Crippen molar-refractivity contribution in [2.75, 3.05) is 0 Å². The first-order valence-electron chi connectivity index (χ1n) is 7.19. The Labute approximate surface area is 127 Å². The second-order valence-electron chi connectivity index (χ2n) is 5.30. The highest BCUT2D eigenvalue weighted by Crippen LogP contribution is 2.28. The van der Waals surface area contributed by atoms with E-state index >= 15 is 0 Å². The van der Waals surface area contributed by atoms with E-state index in [1.165, 1.54) is 21.5 Å². The molecule has 0 unspecified atom stereocenters. The summed E-state index contributed by atoms with van der Waals surface area (Å²) < 4.78 is 5.14. The van der Waals surface area contributed by atoms with E-state index in [0.717, 1.165) is 11.3 Å². The van der Waals surface area contributed by atoms with E-state index in [4.69, 9.17) is 4.52 Å². The Bertz CT molecular complexity index is 999. The van der Waals surface area contributed by atoms with Gasteiger partial charge in [-0.3, -0.25) is 0 Å². The first kappa shape index (κ1) is 12.8. The van der Waals surface area contributed by atoms with Gasteiger partial charge in [-0.15, -0.1) is 0 Å². The summed E-state index contributed by atoms with van der Waals surface area (Å²) in [7, 11) is 0. The molecule has 1 aromatic heterocycles. The molecule has 106 valence electrons. The SMILES string of the molecule is Cc1cc(N=Cc2cc3ccccc3c3ccccc23)on1. The topological polar surface area (TPSA) is 38.4 Å². The van der Waals surface area contributed by atoms with E-state index in [0.29, 0.717) is 5.88 Å². The van der Waals surface area contributed by atoms with Crippen molar-refractivity contribution in [3.05, 3.63) is 71.9 Å². The molecule has 0 radical (unpaired) electrons. The van der Waals surface area contributed by atoms with Crippen molar-refractivity contribution in [1.29, 1.82) is 0 Å². The molecule has 0 aliphatic carbocycles. The van der Waals surface area contributed by atoms with E-state index < -0.39 is 0 Å². The van der Waals surface area contributed by atoms with Crippen LogP contribution in [0.4, 0.5) is 5.88 Å². The van der Waals surface area contributed by atoms with Crippen molar-refractivity contribution >= 4 is 33.6 Å². The lowest BCUT2D eigenvalue weighted by molar-refractivity contribution is 0.425. The van der Waals surface area contributed by atoms with Gasteiger partial charge >= 0.3 is 0 Å². The van der Waals surface area contributed by atoms with Crippen molar-refractivity contribution in [3.8, 4) is 0 Å². The van der Waals surface area contributed by atoms with Crippen LogP contribution in [-0.4, -0.2) is 11.4 Å². The number of hydrogen-bond acceptors (Lipinski definition) is 3.